The van der Waals surface area contributed by atoms with Gasteiger partial charge >= 0.3 is 0 Å². The number of carbonyl (C=O) groups is 1. The van der Waals surface area contributed by atoms with Gasteiger partial charge in [0.1, 0.15) is 12.2 Å². The van der Waals surface area contributed by atoms with Crippen LogP contribution in [0.4, 0.5) is 0 Å². The van der Waals surface area contributed by atoms with Crippen molar-refractivity contribution in [2.45, 2.75) is 25.2 Å². The van der Waals surface area contributed by atoms with Gasteiger partial charge in [-0.25, -0.2) is 0 Å². The molecule has 1 aliphatic rings. The van der Waals surface area contributed by atoms with Crippen LogP contribution in [0.2, 0.25) is 0 Å². The lowest BCUT2D eigenvalue weighted by molar-refractivity contribution is -0.151. The van der Waals surface area contributed by atoms with Crippen LogP contribution in [0, 0.1) is 0 Å². The van der Waals surface area contributed by atoms with E-state index in [0.29, 0.717) is 6.54 Å². The number of aliphatic hydroxyl groups excluding tert-OH is 2. The van der Waals surface area contributed by atoms with Crippen molar-refractivity contribution in [1.29, 1.82) is 0 Å². The summed E-state index contributed by atoms with van der Waals surface area (Å²) in [7, 11) is 1.80. The van der Waals surface area contributed by atoms with Gasteiger partial charge in [0.2, 0.25) is 5.91 Å². The number of nitrogens with zero attached hydrogens (tertiary/aromatic N) is 3. The Labute approximate surface area is 123 Å². The monoisotopic (exact) mass is 295 g/mol. The van der Waals surface area contributed by atoms with E-state index in [1.54, 1.807) is 30.2 Å². The smallest absolute Gasteiger partial charge is 0.246 e. The third-order valence-electron chi connectivity index (χ3n) is 3.53. The zero-order chi connectivity index (χ0) is 15.4. The quantitative estimate of drug-likeness (QED) is 0.724. The van der Waals surface area contributed by atoms with Gasteiger partial charge in [-0.15, -0.1) is 0 Å². The number of aromatic nitrogens is 2. The van der Waals surface area contributed by atoms with Crippen LogP contribution in [-0.2, 0) is 16.6 Å². The van der Waals surface area contributed by atoms with E-state index in [4.69, 9.17) is 4.74 Å². The maximum atomic E-state index is 12.3. The fraction of sp³-hybridized carbons (Fsp3) is 0.571. The third kappa shape index (κ3) is 3.69. The SMILES string of the molecule is CCN(C(=O)/C=C/c1cnn(C)c1)[C@@H]1COC[C@@H](O)[C@H]1O. The predicted molar refractivity (Wildman–Crippen MR) is 76.2 cm³/mol. The normalized spacial score (nSPS) is 26.2. The fourth-order valence-corrected chi connectivity index (χ4v) is 2.38. The lowest BCUT2D eigenvalue weighted by Crippen LogP contribution is -2.57. The number of ether oxygens (including phenoxy) is 1. The molecule has 0 saturated carbocycles. The van der Waals surface area contributed by atoms with E-state index in [1.807, 2.05) is 6.92 Å². The van der Waals surface area contributed by atoms with Gasteiger partial charge in [0.05, 0.1) is 25.5 Å². The standard InChI is InChI=1S/C14H21N3O4/c1-3-17(11-8-21-9-12(18)14(11)20)13(19)5-4-10-6-15-16(2)7-10/h4-7,11-12,14,18,20H,3,8-9H2,1-2H3/b5-4+/t11-,12-,14+/m1/s1. The number of amides is 1. The van der Waals surface area contributed by atoms with Crippen molar-refractivity contribution >= 4 is 12.0 Å². The Morgan fingerprint density at radius 3 is 2.95 bits per heavy atom. The highest BCUT2D eigenvalue weighted by Gasteiger charge is 2.36. The van der Waals surface area contributed by atoms with E-state index < -0.39 is 18.2 Å². The van der Waals surface area contributed by atoms with Crippen LogP contribution in [0.15, 0.2) is 18.5 Å². The van der Waals surface area contributed by atoms with Gasteiger partial charge in [0.15, 0.2) is 0 Å². The van der Waals surface area contributed by atoms with Gasteiger partial charge in [-0.05, 0) is 13.0 Å². The van der Waals surface area contributed by atoms with E-state index >= 15 is 0 Å². The molecule has 0 unspecified atom stereocenters. The molecule has 0 aromatic carbocycles. The summed E-state index contributed by atoms with van der Waals surface area (Å²) in [6.45, 7) is 2.56. The van der Waals surface area contributed by atoms with Crippen LogP contribution < -0.4 is 0 Å². The number of rotatable bonds is 4. The van der Waals surface area contributed by atoms with Crippen molar-refractivity contribution in [3.8, 4) is 0 Å². The Kier molecular flexibility index (Phi) is 5.11. The van der Waals surface area contributed by atoms with Crippen LogP contribution in [0.25, 0.3) is 6.08 Å². The molecule has 1 aromatic rings. The number of aliphatic hydroxyl groups is 2. The molecule has 3 atom stereocenters. The lowest BCUT2D eigenvalue weighted by atomic mass is 10.0. The summed E-state index contributed by atoms with van der Waals surface area (Å²) in [5.74, 6) is -0.233. The highest BCUT2D eigenvalue weighted by molar-refractivity contribution is 5.92. The number of carbonyl (C=O) groups excluding carboxylic acids is 1. The van der Waals surface area contributed by atoms with E-state index in [9.17, 15) is 15.0 Å². The molecule has 2 heterocycles. The van der Waals surface area contributed by atoms with E-state index in [2.05, 4.69) is 5.10 Å². The Morgan fingerprint density at radius 1 is 1.57 bits per heavy atom. The average molecular weight is 295 g/mol. The maximum Gasteiger partial charge on any atom is 0.246 e. The molecule has 0 radical (unpaired) electrons. The van der Waals surface area contributed by atoms with Gasteiger partial charge in [-0.1, -0.05) is 0 Å². The number of aryl methyl sites for hydroxylation is 1. The second-order valence-electron chi connectivity index (χ2n) is 5.07. The molecule has 0 spiro atoms. The highest BCUT2D eigenvalue weighted by Crippen LogP contribution is 2.16. The zero-order valence-electron chi connectivity index (χ0n) is 12.2. The number of likely N-dealkylation sites (N-methyl/N-ethyl adjacent to an activating group) is 1. The minimum absolute atomic E-state index is 0.0922. The molecular weight excluding hydrogens is 274 g/mol. The second kappa shape index (κ2) is 6.84. The molecular formula is C14H21N3O4. The molecule has 1 saturated heterocycles. The zero-order valence-corrected chi connectivity index (χ0v) is 12.2. The molecule has 116 valence electrons. The van der Waals surface area contributed by atoms with Gasteiger partial charge in [0.25, 0.3) is 0 Å². The van der Waals surface area contributed by atoms with Crippen molar-refractivity contribution in [3.63, 3.8) is 0 Å². The summed E-state index contributed by atoms with van der Waals surface area (Å²) in [6, 6.07) is -0.537. The molecule has 1 fully saturated rings. The molecule has 1 aliphatic heterocycles. The topological polar surface area (TPSA) is 87.8 Å². The Morgan fingerprint density at radius 2 is 2.33 bits per heavy atom. The molecule has 0 aliphatic carbocycles. The van der Waals surface area contributed by atoms with Gasteiger partial charge in [-0.2, -0.15) is 5.10 Å². The second-order valence-corrected chi connectivity index (χ2v) is 5.07. The Balaban J connectivity index is 2.06. The first-order valence-corrected chi connectivity index (χ1v) is 6.94. The Hall–Kier alpha value is -1.70. The highest BCUT2D eigenvalue weighted by atomic mass is 16.5. The lowest BCUT2D eigenvalue weighted by Gasteiger charge is -2.38. The molecule has 7 heteroatoms. The molecule has 7 nitrogen and oxygen atoms in total. The first kappa shape index (κ1) is 15.7. The predicted octanol–water partition coefficient (Wildman–Crippen LogP) is -0.598. The van der Waals surface area contributed by atoms with E-state index in [1.165, 1.54) is 11.0 Å². The minimum Gasteiger partial charge on any atom is -0.388 e. The van der Waals surface area contributed by atoms with Gasteiger partial charge in [-0.3, -0.25) is 9.48 Å². The molecule has 1 amide bonds. The summed E-state index contributed by atoms with van der Waals surface area (Å²) in [4.78, 5) is 13.8. The van der Waals surface area contributed by atoms with Crippen molar-refractivity contribution in [1.82, 2.24) is 14.7 Å². The fourth-order valence-electron chi connectivity index (χ4n) is 2.38. The molecule has 21 heavy (non-hydrogen) atoms. The average Bonchev–Trinajstić information content (AvgIpc) is 2.88. The van der Waals surface area contributed by atoms with Gasteiger partial charge < -0.3 is 19.8 Å². The molecule has 1 aromatic heterocycles. The number of hydrogen-bond donors (Lipinski definition) is 2. The minimum atomic E-state index is -0.991. The van der Waals surface area contributed by atoms with Crippen molar-refractivity contribution in [2.75, 3.05) is 19.8 Å². The Bertz CT molecular complexity index is 514. The third-order valence-corrected chi connectivity index (χ3v) is 3.53. The first-order chi connectivity index (χ1) is 10.0. The van der Waals surface area contributed by atoms with Gasteiger partial charge in [0, 0.05) is 31.4 Å². The summed E-state index contributed by atoms with van der Waals surface area (Å²) < 4.78 is 6.87. The molecule has 2 N–H and O–H groups in total. The van der Waals surface area contributed by atoms with Crippen molar-refractivity contribution in [3.05, 3.63) is 24.0 Å². The molecule has 0 bridgehead atoms. The van der Waals surface area contributed by atoms with E-state index in [-0.39, 0.29) is 19.1 Å². The summed E-state index contributed by atoms with van der Waals surface area (Å²) in [5.41, 5.74) is 0.822. The van der Waals surface area contributed by atoms with Crippen LogP contribution >= 0.6 is 0 Å². The largest absolute Gasteiger partial charge is 0.388 e. The van der Waals surface area contributed by atoms with Crippen LogP contribution in [0.3, 0.4) is 0 Å². The van der Waals surface area contributed by atoms with E-state index in [0.717, 1.165) is 5.56 Å². The van der Waals surface area contributed by atoms with Crippen LogP contribution in [-0.4, -0.2) is 68.8 Å². The number of hydrogen-bond acceptors (Lipinski definition) is 5. The van der Waals surface area contributed by atoms with Crippen molar-refractivity contribution in [2.24, 2.45) is 7.05 Å². The summed E-state index contributed by atoms with van der Waals surface area (Å²) >= 11 is 0. The van der Waals surface area contributed by atoms with Crippen LogP contribution in [0.1, 0.15) is 12.5 Å². The summed E-state index contributed by atoms with van der Waals surface area (Å²) in [5, 5.41) is 23.7. The molecule has 2 rings (SSSR count). The van der Waals surface area contributed by atoms with Crippen LogP contribution in [0.5, 0.6) is 0 Å². The first-order valence-electron chi connectivity index (χ1n) is 6.94. The van der Waals surface area contributed by atoms with Crippen molar-refractivity contribution < 1.29 is 19.7 Å². The maximum absolute atomic E-state index is 12.3. The summed E-state index contributed by atoms with van der Waals surface area (Å²) in [6.07, 6.45) is 4.60.